The topological polar surface area (TPSA) is 43.1 Å². The number of aryl methyl sites for hydroxylation is 1. The van der Waals surface area contributed by atoms with Gasteiger partial charge in [-0.3, -0.25) is 4.79 Å². The summed E-state index contributed by atoms with van der Waals surface area (Å²) in [5, 5.41) is 0. The van der Waals surface area contributed by atoms with Crippen molar-refractivity contribution in [1.29, 1.82) is 0 Å². The van der Waals surface area contributed by atoms with E-state index in [1.807, 2.05) is 45.9 Å². The molecule has 0 spiro atoms. The fourth-order valence-electron chi connectivity index (χ4n) is 1.50. The molecule has 0 bridgehead atoms. The first-order valence-electron chi connectivity index (χ1n) is 5.31. The number of Topliss-reactive ketones (excluding diaryl/α,β-unsaturated/α-hetero) is 1. The van der Waals surface area contributed by atoms with E-state index in [-0.39, 0.29) is 17.7 Å². The first-order chi connectivity index (χ1) is 6.95. The van der Waals surface area contributed by atoms with E-state index in [0.29, 0.717) is 0 Å². The molecule has 0 fully saturated rings. The van der Waals surface area contributed by atoms with Crippen LogP contribution in [0.5, 0.6) is 0 Å². The van der Waals surface area contributed by atoms with Crippen molar-refractivity contribution in [2.45, 2.75) is 33.7 Å². The number of nitrogens with two attached hydrogens (primary N) is 1. The molecule has 2 atom stereocenters. The monoisotopic (exact) mass is 205 g/mol. The predicted octanol–water partition coefficient (Wildman–Crippen LogP) is 2.47. The summed E-state index contributed by atoms with van der Waals surface area (Å²) in [5.74, 6) is 0.0247. The highest BCUT2D eigenvalue weighted by Crippen LogP contribution is 2.17. The lowest BCUT2D eigenvalue weighted by atomic mass is 9.90. The van der Waals surface area contributed by atoms with Gasteiger partial charge in [-0.1, -0.05) is 25.1 Å². The van der Waals surface area contributed by atoms with Gasteiger partial charge in [0.05, 0.1) is 0 Å². The largest absolute Gasteiger partial charge is 0.327 e. The summed E-state index contributed by atoms with van der Waals surface area (Å²) in [6.07, 6.45) is 0. The zero-order chi connectivity index (χ0) is 11.6. The highest BCUT2D eigenvalue weighted by molar-refractivity contribution is 5.99. The van der Waals surface area contributed by atoms with Gasteiger partial charge in [0.15, 0.2) is 5.78 Å². The second kappa shape index (κ2) is 4.58. The molecule has 0 aliphatic carbocycles. The molecule has 0 aromatic heterocycles. The van der Waals surface area contributed by atoms with Gasteiger partial charge in [-0.15, -0.1) is 0 Å². The van der Waals surface area contributed by atoms with Crippen molar-refractivity contribution in [3.63, 3.8) is 0 Å². The molecule has 1 aromatic rings. The van der Waals surface area contributed by atoms with Crippen LogP contribution in [0.2, 0.25) is 0 Å². The average molecular weight is 205 g/mol. The van der Waals surface area contributed by atoms with Crippen LogP contribution in [0, 0.1) is 19.8 Å². The van der Waals surface area contributed by atoms with Crippen LogP contribution in [0.25, 0.3) is 0 Å². The molecule has 0 radical (unpaired) electrons. The van der Waals surface area contributed by atoms with E-state index < -0.39 is 0 Å². The predicted molar refractivity (Wildman–Crippen MR) is 63.1 cm³/mol. The van der Waals surface area contributed by atoms with Gasteiger partial charge in [-0.25, -0.2) is 0 Å². The van der Waals surface area contributed by atoms with Gasteiger partial charge in [0.25, 0.3) is 0 Å². The Hall–Kier alpha value is -1.15. The van der Waals surface area contributed by atoms with Crippen LogP contribution in [-0.4, -0.2) is 11.8 Å². The van der Waals surface area contributed by atoms with Crippen LogP contribution in [0.1, 0.15) is 35.3 Å². The molecule has 82 valence electrons. The zero-order valence-corrected chi connectivity index (χ0v) is 9.87. The fraction of sp³-hybridized carbons (Fsp3) is 0.462. The van der Waals surface area contributed by atoms with Crippen molar-refractivity contribution in [2.24, 2.45) is 11.7 Å². The molecule has 2 N–H and O–H groups in total. The molecule has 0 aliphatic rings. The van der Waals surface area contributed by atoms with Crippen molar-refractivity contribution in [2.75, 3.05) is 0 Å². The van der Waals surface area contributed by atoms with E-state index >= 15 is 0 Å². The summed E-state index contributed by atoms with van der Waals surface area (Å²) in [4.78, 5) is 12.1. The third-order valence-electron chi connectivity index (χ3n) is 3.07. The number of carbonyl (C=O) groups is 1. The summed E-state index contributed by atoms with van der Waals surface area (Å²) in [6, 6.07) is 5.72. The molecule has 2 heteroatoms. The minimum Gasteiger partial charge on any atom is -0.327 e. The summed E-state index contributed by atoms with van der Waals surface area (Å²) < 4.78 is 0. The highest BCUT2D eigenvalue weighted by Gasteiger charge is 2.20. The number of carbonyl (C=O) groups excluding carboxylic acids is 1. The molecule has 0 saturated heterocycles. The van der Waals surface area contributed by atoms with E-state index in [2.05, 4.69) is 0 Å². The van der Waals surface area contributed by atoms with Crippen LogP contribution >= 0.6 is 0 Å². The third-order valence-corrected chi connectivity index (χ3v) is 3.07. The van der Waals surface area contributed by atoms with E-state index in [1.165, 1.54) is 0 Å². The molecule has 1 aromatic carbocycles. The molecular formula is C13H19NO. The van der Waals surface area contributed by atoms with E-state index in [4.69, 9.17) is 5.73 Å². The summed E-state index contributed by atoms with van der Waals surface area (Å²) in [6.45, 7) is 7.75. The van der Waals surface area contributed by atoms with Crippen molar-refractivity contribution >= 4 is 5.78 Å². The molecular weight excluding hydrogens is 186 g/mol. The van der Waals surface area contributed by atoms with Crippen molar-refractivity contribution in [3.05, 3.63) is 34.9 Å². The van der Waals surface area contributed by atoms with Gasteiger partial charge in [-0.2, -0.15) is 0 Å². The third kappa shape index (κ3) is 2.45. The lowest BCUT2D eigenvalue weighted by molar-refractivity contribution is 0.0916. The second-order valence-corrected chi connectivity index (χ2v) is 4.26. The van der Waals surface area contributed by atoms with Gasteiger partial charge >= 0.3 is 0 Å². The SMILES string of the molecule is Cc1cccc(C(=O)C(C)C(C)N)c1C. The fourth-order valence-corrected chi connectivity index (χ4v) is 1.50. The number of hydrogen-bond donors (Lipinski definition) is 1. The van der Waals surface area contributed by atoms with Crippen molar-refractivity contribution in [1.82, 2.24) is 0 Å². The van der Waals surface area contributed by atoms with Gasteiger partial charge in [0.1, 0.15) is 0 Å². The minimum atomic E-state index is -0.120. The lowest BCUT2D eigenvalue weighted by Gasteiger charge is -2.16. The maximum atomic E-state index is 12.1. The van der Waals surface area contributed by atoms with Crippen LogP contribution in [0.3, 0.4) is 0 Å². The Balaban J connectivity index is 3.07. The van der Waals surface area contributed by atoms with Crippen LogP contribution in [0.15, 0.2) is 18.2 Å². The first-order valence-corrected chi connectivity index (χ1v) is 5.31. The number of rotatable bonds is 3. The van der Waals surface area contributed by atoms with E-state index in [9.17, 15) is 4.79 Å². The number of ketones is 1. The zero-order valence-electron chi connectivity index (χ0n) is 9.87. The molecule has 0 saturated carbocycles. The quantitative estimate of drug-likeness (QED) is 0.770. The molecule has 2 unspecified atom stereocenters. The maximum Gasteiger partial charge on any atom is 0.167 e. The minimum absolute atomic E-state index is 0.0996. The molecule has 0 amide bonds. The van der Waals surface area contributed by atoms with Gasteiger partial charge in [0.2, 0.25) is 0 Å². The van der Waals surface area contributed by atoms with Crippen LogP contribution in [0.4, 0.5) is 0 Å². The Morgan fingerprint density at radius 2 is 1.87 bits per heavy atom. The maximum absolute atomic E-state index is 12.1. The number of hydrogen-bond acceptors (Lipinski definition) is 2. The first kappa shape index (κ1) is 11.9. The van der Waals surface area contributed by atoms with Crippen molar-refractivity contribution < 1.29 is 4.79 Å². The Morgan fingerprint density at radius 3 is 2.40 bits per heavy atom. The Bertz CT molecular complexity index is 369. The summed E-state index contributed by atoms with van der Waals surface area (Å²) in [7, 11) is 0. The summed E-state index contributed by atoms with van der Waals surface area (Å²) in [5.41, 5.74) is 8.76. The van der Waals surface area contributed by atoms with Gasteiger partial charge in [-0.05, 0) is 31.9 Å². The average Bonchev–Trinajstić information content (AvgIpc) is 2.20. The Morgan fingerprint density at radius 1 is 1.27 bits per heavy atom. The molecule has 2 nitrogen and oxygen atoms in total. The Kier molecular flexibility index (Phi) is 3.64. The molecule has 0 heterocycles. The van der Waals surface area contributed by atoms with Crippen LogP contribution < -0.4 is 5.73 Å². The lowest BCUT2D eigenvalue weighted by Crippen LogP contribution is -2.31. The molecule has 15 heavy (non-hydrogen) atoms. The van der Waals surface area contributed by atoms with Gasteiger partial charge < -0.3 is 5.73 Å². The number of benzene rings is 1. The second-order valence-electron chi connectivity index (χ2n) is 4.26. The smallest absolute Gasteiger partial charge is 0.167 e. The molecule has 0 aliphatic heterocycles. The highest BCUT2D eigenvalue weighted by atomic mass is 16.1. The normalized spacial score (nSPS) is 14.7. The van der Waals surface area contributed by atoms with E-state index in [1.54, 1.807) is 0 Å². The molecule has 1 rings (SSSR count). The van der Waals surface area contributed by atoms with E-state index in [0.717, 1.165) is 16.7 Å². The van der Waals surface area contributed by atoms with Gasteiger partial charge in [0, 0.05) is 17.5 Å². The Labute approximate surface area is 91.5 Å². The van der Waals surface area contributed by atoms with Crippen LogP contribution in [-0.2, 0) is 0 Å². The van der Waals surface area contributed by atoms with Crippen molar-refractivity contribution in [3.8, 4) is 0 Å². The summed E-state index contributed by atoms with van der Waals surface area (Å²) >= 11 is 0. The standard InChI is InChI=1S/C13H19NO/c1-8-6-5-7-12(9(8)2)13(15)10(3)11(4)14/h5-7,10-11H,14H2,1-4H3.